The lowest BCUT2D eigenvalue weighted by Gasteiger charge is -2.46. The molecule has 3 heteroatoms. The Bertz CT molecular complexity index is 262. The molecule has 0 amide bonds. The quantitative estimate of drug-likeness (QED) is 0.589. The van der Waals surface area contributed by atoms with E-state index >= 15 is 0 Å². The molecule has 0 aliphatic heterocycles. The molecule has 21 heavy (non-hydrogen) atoms. The Hall–Kier alpha value is 0.137. The Morgan fingerprint density at radius 1 is 0.667 bits per heavy atom. The zero-order valence-corrected chi connectivity index (χ0v) is 15.7. The van der Waals surface area contributed by atoms with Crippen LogP contribution in [0, 0.1) is 11.8 Å². The summed E-state index contributed by atoms with van der Waals surface area (Å²) < 4.78 is 13.1. The summed E-state index contributed by atoms with van der Waals surface area (Å²) in [6, 6.07) is 0. The van der Waals surface area contributed by atoms with E-state index in [9.17, 15) is 0 Å². The van der Waals surface area contributed by atoms with E-state index in [0.717, 1.165) is 36.1 Å². The Labute approximate surface area is 133 Å². The molecule has 0 N–H and O–H groups in total. The lowest BCUT2D eigenvalue weighted by atomic mass is 9.90. The average molecular weight is 313 g/mol. The van der Waals surface area contributed by atoms with Gasteiger partial charge in [-0.2, -0.15) is 0 Å². The number of rotatable bonds is 6. The van der Waals surface area contributed by atoms with E-state index in [-0.39, 0.29) is 0 Å². The van der Waals surface area contributed by atoms with E-state index in [1.807, 2.05) is 0 Å². The maximum atomic E-state index is 6.54. The second kappa shape index (κ2) is 8.12. The summed E-state index contributed by atoms with van der Waals surface area (Å²) >= 11 is 0. The monoisotopic (exact) mass is 312 g/mol. The predicted molar refractivity (Wildman–Crippen MR) is 91.8 cm³/mol. The molecule has 2 aliphatic carbocycles. The summed E-state index contributed by atoms with van der Waals surface area (Å²) in [6.45, 7) is 10.8. The molecule has 124 valence electrons. The van der Waals surface area contributed by atoms with Crippen molar-refractivity contribution in [1.29, 1.82) is 0 Å². The van der Waals surface area contributed by atoms with E-state index in [1.54, 1.807) is 0 Å². The molecule has 0 aromatic rings. The minimum atomic E-state index is -2.05. The van der Waals surface area contributed by atoms with Crippen molar-refractivity contribution in [2.24, 2.45) is 11.8 Å². The van der Waals surface area contributed by atoms with E-state index in [0.29, 0.717) is 0 Å². The van der Waals surface area contributed by atoms with E-state index in [1.165, 1.54) is 51.4 Å². The highest BCUT2D eigenvalue weighted by Crippen LogP contribution is 2.50. The Kier molecular flexibility index (Phi) is 6.76. The van der Waals surface area contributed by atoms with Gasteiger partial charge in [0.25, 0.3) is 0 Å². The maximum Gasteiger partial charge on any atom is 0.344 e. The highest BCUT2D eigenvalue weighted by atomic mass is 28.4. The van der Waals surface area contributed by atoms with E-state index in [2.05, 4.69) is 27.7 Å². The van der Waals surface area contributed by atoms with E-state index < -0.39 is 8.56 Å². The van der Waals surface area contributed by atoms with Crippen molar-refractivity contribution in [2.75, 3.05) is 13.2 Å². The molecular formula is C18H36O2Si. The molecule has 2 aliphatic rings. The van der Waals surface area contributed by atoms with Gasteiger partial charge in [-0.15, -0.1) is 0 Å². The van der Waals surface area contributed by atoms with Crippen molar-refractivity contribution in [1.82, 2.24) is 0 Å². The van der Waals surface area contributed by atoms with Crippen LogP contribution in [0.15, 0.2) is 0 Å². The van der Waals surface area contributed by atoms with Crippen LogP contribution < -0.4 is 0 Å². The second-order valence-corrected chi connectivity index (χ2v) is 11.2. The Morgan fingerprint density at radius 2 is 1.00 bits per heavy atom. The first-order valence-corrected chi connectivity index (χ1v) is 11.4. The summed E-state index contributed by atoms with van der Waals surface area (Å²) in [6.07, 6.45) is 10.9. The molecule has 2 nitrogen and oxygen atoms in total. The lowest BCUT2D eigenvalue weighted by Crippen LogP contribution is -2.53. The Balaban J connectivity index is 2.15. The summed E-state index contributed by atoms with van der Waals surface area (Å²) in [4.78, 5) is 0. The maximum absolute atomic E-state index is 6.54. The topological polar surface area (TPSA) is 18.5 Å². The molecule has 0 radical (unpaired) electrons. The summed E-state index contributed by atoms with van der Waals surface area (Å²) in [5.74, 6) is 1.81. The fourth-order valence-corrected chi connectivity index (χ4v) is 9.49. The first-order chi connectivity index (χ1) is 10.1. The first kappa shape index (κ1) is 17.5. The van der Waals surface area contributed by atoms with Gasteiger partial charge in [-0.25, -0.2) is 0 Å². The normalized spacial score (nSPS) is 34.9. The molecule has 0 aromatic carbocycles. The van der Waals surface area contributed by atoms with Crippen LogP contribution in [0.3, 0.4) is 0 Å². The summed E-state index contributed by atoms with van der Waals surface area (Å²) in [7, 11) is -2.05. The molecular weight excluding hydrogens is 276 g/mol. The molecule has 0 bridgehead atoms. The standard InChI is InChI=1S/C18H36O2Si/c1-5-19-21(20-6-2,17-11-7-15(3)8-12-17)18-13-9-16(4)10-14-18/h15-18H,5-14H2,1-4H3. The smallest absolute Gasteiger partial charge is 0.344 e. The largest absolute Gasteiger partial charge is 0.394 e. The van der Waals surface area contributed by atoms with Gasteiger partial charge in [0.15, 0.2) is 0 Å². The van der Waals surface area contributed by atoms with Gasteiger partial charge in [0.05, 0.1) is 0 Å². The van der Waals surface area contributed by atoms with E-state index in [4.69, 9.17) is 8.85 Å². The molecule has 2 rings (SSSR count). The Morgan fingerprint density at radius 3 is 1.29 bits per heavy atom. The predicted octanol–water partition coefficient (Wildman–Crippen LogP) is 5.66. The van der Waals surface area contributed by atoms with Crippen LogP contribution in [0.25, 0.3) is 0 Å². The average Bonchev–Trinajstić information content (AvgIpc) is 2.48. The summed E-state index contributed by atoms with van der Waals surface area (Å²) in [5, 5.41) is 0. The van der Waals surface area contributed by atoms with Crippen LogP contribution in [0.2, 0.25) is 11.1 Å². The summed E-state index contributed by atoms with van der Waals surface area (Å²) in [5.41, 5.74) is 1.49. The first-order valence-electron chi connectivity index (χ1n) is 9.40. The van der Waals surface area contributed by atoms with Crippen LogP contribution in [0.4, 0.5) is 0 Å². The second-order valence-electron chi connectivity index (χ2n) is 7.50. The molecule has 0 aromatic heterocycles. The fraction of sp³-hybridized carbons (Fsp3) is 1.00. The highest BCUT2D eigenvalue weighted by Gasteiger charge is 2.52. The molecule has 0 unspecified atom stereocenters. The molecule has 0 saturated heterocycles. The molecule has 0 spiro atoms. The molecule has 0 heterocycles. The van der Waals surface area contributed by atoms with Crippen LogP contribution in [-0.4, -0.2) is 21.8 Å². The number of hydrogen-bond donors (Lipinski definition) is 0. The zero-order valence-electron chi connectivity index (χ0n) is 14.7. The van der Waals surface area contributed by atoms with Gasteiger partial charge >= 0.3 is 8.56 Å². The van der Waals surface area contributed by atoms with Crippen molar-refractivity contribution < 1.29 is 8.85 Å². The zero-order chi connectivity index (χ0) is 15.3. The van der Waals surface area contributed by atoms with Crippen LogP contribution in [0.5, 0.6) is 0 Å². The van der Waals surface area contributed by atoms with Crippen molar-refractivity contribution in [3.63, 3.8) is 0 Å². The van der Waals surface area contributed by atoms with Crippen LogP contribution >= 0.6 is 0 Å². The van der Waals surface area contributed by atoms with Gasteiger partial charge < -0.3 is 8.85 Å². The third-order valence-corrected chi connectivity index (χ3v) is 10.8. The third kappa shape index (κ3) is 4.11. The molecule has 2 saturated carbocycles. The SMILES string of the molecule is CCO[Si](OCC)(C1CCC(C)CC1)C1CCC(C)CC1. The number of hydrogen-bond acceptors (Lipinski definition) is 2. The van der Waals surface area contributed by atoms with Gasteiger partial charge in [0, 0.05) is 24.3 Å². The van der Waals surface area contributed by atoms with Crippen molar-refractivity contribution >= 4 is 8.56 Å². The van der Waals surface area contributed by atoms with Crippen molar-refractivity contribution in [2.45, 2.75) is 90.1 Å². The highest BCUT2D eigenvalue weighted by molar-refractivity contribution is 6.70. The lowest BCUT2D eigenvalue weighted by molar-refractivity contribution is 0.140. The van der Waals surface area contributed by atoms with Gasteiger partial charge in [-0.1, -0.05) is 39.5 Å². The van der Waals surface area contributed by atoms with Gasteiger partial charge in [0.2, 0.25) is 0 Å². The molecule has 0 atom stereocenters. The minimum absolute atomic E-state index is 0.743. The third-order valence-electron chi connectivity index (χ3n) is 5.91. The van der Waals surface area contributed by atoms with Crippen molar-refractivity contribution in [3.05, 3.63) is 0 Å². The molecule has 2 fully saturated rings. The van der Waals surface area contributed by atoms with Crippen LogP contribution in [-0.2, 0) is 8.85 Å². The van der Waals surface area contributed by atoms with Gasteiger partial charge in [0.1, 0.15) is 0 Å². The minimum Gasteiger partial charge on any atom is -0.394 e. The van der Waals surface area contributed by atoms with Gasteiger partial charge in [-0.3, -0.25) is 0 Å². The van der Waals surface area contributed by atoms with Crippen LogP contribution in [0.1, 0.15) is 79.1 Å². The van der Waals surface area contributed by atoms with Crippen molar-refractivity contribution in [3.8, 4) is 0 Å². The van der Waals surface area contributed by atoms with Gasteiger partial charge in [-0.05, 0) is 51.4 Å². The fourth-order valence-electron chi connectivity index (χ4n) is 4.62.